The lowest BCUT2D eigenvalue weighted by atomic mass is 10.1. The third kappa shape index (κ3) is 3.17. The highest BCUT2D eigenvalue weighted by Crippen LogP contribution is 2.26. The van der Waals surface area contributed by atoms with Gasteiger partial charge in [-0.2, -0.15) is 5.10 Å². The summed E-state index contributed by atoms with van der Waals surface area (Å²) < 4.78 is 21.4. The minimum Gasteiger partial charge on any atom is -0.481 e. The standard InChI is InChI=1S/C16H17FN2O3/c17-13-5-4-11(10-16(20)21)9-12(13)14-6-7-19(18-14)15-3-1-2-8-22-15/h4-7,9,15H,1-3,8,10H2,(H,20,21). The van der Waals surface area contributed by atoms with Gasteiger partial charge in [-0.05, 0) is 43.0 Å². The van der Waals surface area contributed by atoms with Crippen molar-refractivity contribution >= 4 is 5.97 Å². The van der Waals surface area contributed by atoms with Gasteiger partial charge in [-0.25, -0.2) is 9.07 Å². The highest BCUT2D eigenvalue weighted by Gasteiger charge is 2.18. The minimum atomic E-state index is -0.946. The second-order valence-corrected chi connectivity index (χ2v) is 5.39. The van der Waals surface area contributed by atoms with Gasteiger partial charge in [0.15, 0.2) is 0 Å². The van der Waals surface area contributed by atoms with Gasteiger partial charge in [0.2, 0.25) is 0 Å². The van der Waals surface area contributed by atoms with Crippen LogP contribution in [0.1, 0.15) is 31.1 Å². The maximum Gasteiger partial charge on any atom is 0.307 e. The molecule has 6 heteroatoms. The molecule has 0 bridgehead atoms. The number of carbonyl (C=O) groups is 1. The van der Waals surface area contributed by atoms with Crippen molar-refractivity contribution in [1.29, 1.82) is 0 Å². The van der Waals surface area contributed by atoms with Crippen molar-refractivity contribution in [3.63, 3.8) is 0 Å². The van der Waals surface area contributed by atoms with Crippen molar-refractivity contribution in [3.05, 3.63) is 41.8 Å². The van der Waals surface area contributed by atoms with Crippen molar-refractivity contribution in [2.45, 2.75) is 31.9 Å². The fraction of sp³-hybridized carbons (Fsp3) is 0.375. The molecule has 0 radical (unpaired) electrons. The second-order valence-electron chi connectivity index (χ2n) is 5.39. The van der Waals surface area contributed by atoms with Gasteiger partial charge in [0, 0.05) is 18.4 Å². The Balaban J connectivity index is 1.87. The lowest BCUT2D eigenvalue weighted by Gasteiger charge is -2.22. The molecule has 0 aliphatic carbocycles. The van der Waals surface area contributed by atoms with E-state index in [4.69, 9.17) is 9.84 Å². The first kappa shape index (κ1) is 14.7. The van der Waals surface area contributed by atoms with Gasteiger partial charge in [-0.3, -0.25) is 4.79 Å². The summed E-state index contributed by atoms with van der Waals surface area (Å²) in [5, 5.41) is 13.2. The largest absolute Gasteiger partial charge is 0.481 e. The van der Waals surface area contributed by atoms with Crippen molar-refractivity contribution in [1.82, 2.24) is 9.78 Å². The van der Waals surface area contributed by atoms with E-state index in [0.717, 1.165) is 19.3 Å². The van der Waals surface area contributed by atoms with E-state index >= 15 is 0 Å². The van der Waals surface area contributed by atoms with Crippen LogP contribution >= 0.6 is 0 Å². The zero-order valence-corrected chi connectivity index (χ0v) is 12.0. The molecular formula is C16H17FN2O3. The number of halogens is 1. The highest BCUT2D eigenvalue weighted by atomic mass is 19.1. The molecule has 0 amide bonds. The predicted molar refractivity (Wildman–Crippen MR) is 77.8 cm³/mol. The van der Waals surface area contributed by atoms with Crippen molar-refractivity contribution in [2.75, 3.05) is 6.61 Å². The predicted octanol–water partition coefficient (Wildman–Crippen LogP) is 3.02. The normalized spacial score (nSPS) is 18.3. The molecule has 1 aliphatic rings. The first-order chi connectivity index (χ1) is 10.6. The Morgan fingerprint density at radius 2 is 2.27 bits per heavy atom. The summed E-state index contributed by atoms with van der Waals surface area (Å²) in [4.78, 5) is 10.8. The molecule has 1 aromatic carbocycles. The first-order valence-electron chi connectivity index (χ1n) is 7.31. The number of carboxylic acids is 1. The Hall–Kier alpha value is -2.21. The van der Waals surface area contributed by atoms with E-state index in [2.05, 4.69) is 5.10 Å². The monoisotopic (exact) mass is 304 g/mol. The number of aliphatic carboxylic acids is 1. The number of ether oxygens (including phenoxy) is 1. The lowest BCUT2D eigenvalue weighted by Crippen LogP contribution is -2.18. The molecule has 1 aliphatic heterocycles. The van der Waals surface area contributed by atoms with Crippen molar-refractivity contribution < 1.29 is 19.0 Å². The van der Waals surface area contributed by atoms with Gasteiger partial charge in [0.05, 0.1) is 12.1 Å². The smallest absolute Gasteiger partial charge is 0.307 e. The molecule has 1 N–H and O–H groups in total. The van der Waals surface area contributed by atoms with E-state index < -0.39 is 11.8 Å². The van der Waals surface area contributed by atoms with E-state index in [9.17, 15) is 9.18 Å². The van der Waals surface area contributed by atoms with Crippen LogP contribution in [0.4, 0.5) is 4.39 Å². The average molecular weight is 304 g/mol. The van der Waals surface area contributed by atoms with Gasteiger partial charge in [0.25, 0.3) is 0 Å². The number of nitrogens with zero attached hydrogens (tertiary/aromatic N) is 2. The zero-order chi connectivity index (χ0) is 15.5. The molecule has 2 aromatic rings. The SMILES string of the molecule is O=C(O)Cc1ccc(F)c(-c2ccn(C3CCCCO3)n2)c1. The molecule has 2 heterocycles. The fourth-order valence-corrected chi connectivity index (χ4v) is 2.63. The minimum absolute atomic E-state index is 0.104. The van der Waals surface area contributed by atoms with E-state index in [0.29, 0.717) is 23.4 Å². The van der Waals surface area contributed by atoms with Crippen LogP contribution in [0.5, 0.6) is 0 Å². The van der Waals surface area contributed by atoms with E-state index in [1.807, 2.05) is 0 Å². The van der Waals surface area contributed by atoms with Crippen LogP contribution in [0.15, 0.2) is 30.5 Å². The Kier molecular flexibility index (Phi) is 4.20. The molecule has 22 heavy (non-hydrogen) atoms. The molecule has 1 unspecified atom stereocenters. The third-order valence-corrected chi connectivity index (χ3v) is 3.72. The molecule has 116 valence electrons. The fourth-order valence-electron chi connectivity index (χ4n) is 2.63. The van der Waals surface area contributed by atoms with Crippen LogP contribution in [-0.4, -0.2) is 27.5 Å². The quantitative estimate of drug-likeness (QED) is 0.943. The first-order valence-corrected chi connectivity index (χ1v) is 7.31. The molecule has 3 rings (SSSR count). The van der Waals surface area contributed by atoms with Crippen molar-refractivity contribution in [2.24, 2.45) is 0 Å². The summed E-state index contributed by atoms with van der Waals surface area (Å²) in [6.45, 7) is 0.711. The van der Waals surface area contributed by atoms with E-state index in [1.165, 1.54) is 18.2 Å². The third-order valence-electron chi connectivity index (χ3n) is 3.72. The topological polar surface area (TPSA) is 64.3 Å². The van der Waals surface area contributed by atoms with Crippen LogP contribution in [0, 0.1) is 5.82 Å². The maximum absolute atomic E-state index is 14.0. The Morgan fingerprint density at radius 1 is 1.41 bits per heavy atom. The number of carboxylic acid groups (broad SMARTS) is 1. The lowest BCUT2D eigenvalue weighted by molar-refractivity contribution is -0.136. The Bertz CT molecular complexity index is 678. The Morgan fingerprint density at radius 3 is 3.00 bits per heavy atom. The van der Waals surface area contributed by atoms with E-state index in [-0.39, 0.29) is 12.6 Å². The van der Waals surface area contributed by atoms with Crippen LogP contribution in [0.3, 0.4) is 0 Å². The number of benzene rings is 1. The van der Waals surface area contributed by atoms with Gasteiger partial charge >= 0.3 is 5.97 Å². The van der Waals surface area contributed by atoms with Crippen LogP contribution in [0.25, 0.3) is 11.3 Å². The number of hydrogen-bond donors (Lipinski definition) is 1. The molecule has 5 nitrogen and oxygen atoms in total. The van der Waals surface area contributed by atoms with Gasteiger partial charge in [-0.15, -0.1) is 0 Å². The van der Waals surface area contributed by atoms with Crippen LogP contribution in [0.2, 0.25) is 0 Å². The molecular weight excluding hydrogens is 287 g/mol. The summed E-state index contributed by atoms with van der Waals surface area (Å²) in [5.74, 6) is -1.36. The molecule has 1 fully saturated rings. The summed E-state index contributed by atoms with van der Waals surface area (Å²) in [6.07, 6.45) is 4.56. The summed E-state index contributed by atoms with van der Waals surface area (Å²) in [6, 6.07) is 6.02. The second kappa shape index (κ2) is 6.27. The summed E-state index contributed by atoms with van der Waals surface area (Å²) >= 11 is 0. The van der Waals surface area contributed by atoms with Crippen LogP contribution in [-0.2, 0) is 16.0 Å². The summed E-state index contributed by atoms with van der Waals surface area (Å²) in [5.41, 5.74) is 1.35. The van der Waals surface area contributed by atoms with Gasteiger partial charge < -0.3 is 9.84 Å². The highest BCUT2D eigenvalue weighted by molar-refractivity contribution is 5.71. The molecule has 0 spiro atoms. The number of rotatable bonds is 4. The molecule has 1 saturated heterocycles. The average Bonchev–Trinajstić information content (AvgIpc) is 2.99. The molecule has 1 aromatic heterocycles. The summed E-state index contributed by atoms with van der Waals surface area (Å²) in [7, 11) is 0. The molecule has 1 atom stereocenters. The Labute approximate surface area is 127 Å². The molecule has 0 saturated carbocycles. The zero-order valence-electron chi connectivity index (χ0n) is 12.0. The van der Waals surface area contributed by atoms with Crippen LogP contribution < -0.4 is 0 Å². The number of aromatic nitrogens is 2. The maximum atomic E-state index is 14.0. The number of hydrogen-bond acceptors (Lipinski definition) is 3. The van der Waals surface area contributed by atoms with Gasteiger partial charge in [0.1, 0.15) is 12.0 Å². The van der Waals surface area contributed by atoms with Crippen molar-refractivity contribution in [3.8, 4) is 11.3 Å². The van der Waals surface area contributed by atoms with Gasteiger partial charge in [-0.1, -0.05) is 6.07 Å². The van der Waals surface area contributed by atoms with E-state index in [1.54, 1.807) is 16.9 Å².